The molecule has 0 atom stereocenters. The van der Waals surface area contributed by atoms with Crippen molar-refractivity contribution in [2.75, 3.05) is 0 Å². The van der Waals surface area contributed by atoms with E-state index in [1.807, 2.05) is 6.07 Å². The van der Waals surface area contributed by atoms with Crippen molar-refractivity contribution in [1.29, 1.82) is 5.26 Å². The lowest BCUT2D eigenvalue weighted by molar-refractivity contribution is -0.387. The van der Waals surface area contributed by atoms with E-state index >= 15 is 0 Å². The Kier molecular flexibility index (Phi) is 4.44. The first-order valence-electron chi connectivity index (χ1n) is 6.11. The van der Waals surface area contributed by atoms with Gasteiger partial charge < -0.3 is 4.74 Å². The number of nitrogens with zero attached hydrogens (tertiary/aromatic N) is 2. The van der Waals surface area contributed by atoms with Crippen molar-refractivity contribution in [3.05, 3.63) is 75.1 Å². The monoisotopic (exact) mass is 300 g/mol. The maximum atomic E-state index is 13.4. The molecule has 0 radical (unpaired) electrons. The van der Waals surface area contributed by atoms with Crippen LogP contribution in [-0.2, 0) is 11.3 Å². The zero-order valence-corrected chi connectivity index (χ0v) is 11.2. The fraction of sp³-hybridized carbons (Fsp3) is 0.0667. The minimum atomic E-state index is -1.11. The van der Waals surface area contributed by atoms with E-state index < -0.39 is 22.4 Å². The number of nitro benzene ring substituents is 1. The van der Waals surface area contributed by atoms with E-state index in [4.69, 9.17) is 10.00 Å². The van der Waals surface area contributed by atoms with Crippen LogP contribution in [0.1, 0.15) is 21.5 Å². The largest absolute Gasteiger partial charge is 0.457 e. The van der Waals surface area contributed by atoms with Crippen LogP contribution in [-0.4, -0.2) is 10.9 Å². The molecule has 0 heterocycles. The second-order valence-corrected chi connectivity index (χ2v) is 4.31. The molecular formula is C15H9FN2O4. The van der Waals surface area contributed by atoms with Crippen molar-refractivity contribution in [3.8, 4) is 6.07 Å². The Morgan fingerprint density at radius 2 is 2.09 bits per heavy atom. The first-order valence-corrected chi connectivity index (χ1v) is 6.11. The molecule has 0 N–H and O–H groups in total. The Hall–Kier alpha value is -3.27. The summed E-state index contributed by atoms with van der Waals surface area (Å²) in [5, 5.41) is 19.3. The van der Waals surface area contributed by atoms with E-state index in [1.165, 1.54) is 0 Å². The van der Waals surface area contributed by atoms with Crippen LogP contribution in [0.2, 0.25) is 0 Å². The summed E-state index contributed by atoms with van der Waals surface area (Å²) in [7, 11) is 0. The van der Waals surface area contributed by atoms with Gasteiger partial charge >= 0.3 is 11.7 Å². The molecule has 22 heavy (non-hydrogen) atoms. The van der Waals surface area contributed by atoms with Gasteiger partial charge in [0.05, 0.1) is 22.1 Å². The SMILES string of the molecule is N#Cc1cccc(COC(=O)c2ccc([N+](=O)[O-])c(F)c2)c1. The van der Waals surface area contributed by atoms with Gasteiger partial charge in [-0.25, -0.2) is 4.79 Å². The van der Waals surface area contributed by atoms with Crippen molar-refractivity contribution in [2.24, 2.45) is 0 Å². The van der Waals surface area contributed by atoms with Crippen LogP contribution >= 0.6 is 0 Å². The number of benzene rings is 2. The van der Waals surface area contributed by atoms with Crippen LogP contribution in [0, 0.1) is 27.3 Å². The van der Waals surface area contributed by atoms with Crippen molar-refractivity contribution in [3.63, 3.8) is 0 Å². The standard InChI is InChI=1S/C15H9FN2O4/c16-13-7-12(4-5-14(13)18(20)21)15(19)22-9-11-3-1-2-10(6-11)8-17/h1-7H,9H2. The number of carbonyl (C=O) groups excluding carboxylic acids is 1. The molecule has 0 aliphatic rings. The van der Waals surface area contributed by atoms with Crippen LogP contribution in [0.5, 0.6) is 0 Å². The van der Waals surface area contributed by atoms with Gasteiger partial charge in [0.1, 0.15) is 6.61 Å². The molecule has 0 spiro atoms. The molecule has 6 nitrogen and oxygen atoms in total. The average molecular weight is 300 g/mol. The van der Waals surface area contributed by atoms with Gasteiger partial charge in [-0.3, -0.25) is 10.1 Å². The average Bonchev–Trinajstić information content (AvgIpc) is 2.52. The second-order valence-electron chi connectivity index (χ2n) is 4.31. The minimum Gasteiger partial charge on any atom is -0.457 e. The lowest BCUT2D eigenvalue weighted by Crippen LogP contribution is -2.06. The fourth-order valence-electron chi connectivity index (χ4n) is 1.74. The molecule has 0 fully saturated rings. The molecule has 110 valence electrons. The molecule has 7 heteroatoms. The van der Waals surface area contributed by atoms with Crippen LogP contribution in [0.25, 0.3) is 0 Å². The van der Waals surface area contributed by atoms with E-state index in [0.717, 1.165) is 18.2 Å². The third kappa shape index (κ3) is 3.43. The molecule has 0 aliphatic carbocycles. The maximum absolute atomic E-state index is 13.4. The Labute approximate surface area is 124 Å². The van der Waals surface area contributed by atoms with Gasteiger partial charge in [-0.15, -0.1) is 0 Å². The van der Waals surface area contributed by atoms with Gasteiger partial charge in [-0.05, 0) is 29.8 Å². The lowest BCUT2D eigenvalue weighted by atomic mass is 10.1. The molecule has 2 rings (SSSR count). The van der Waals surface area contributed by atoms with E-state index in [2.05, 4.69) is 0 Å². The predicted molar refractivity (Wildman–Crippen MR) is 73.3 cm³/mol. The maximum Gasteiger partial charge on any atom is 0.338 e. The molecule has 0 aromatic heterocycles. The molecular weight excluding hydrogens is 291 g/mol. The first-order chi connectivity index (χ1) is 10.5. The minimum absolute atomic E-state index is 0.0903. The van der Waals surface area contributed by atoms with Gasteiger partial charge in [0.15, 0.2) is 0 Å². The summed E-state index contributed by atoms with van der Waals surface area (Å²) in [5.74, 6) is -1.91. The van der Waals surface area contributed by atoms with Crippen molar-refractivity contribution < 1.29 is 18.8 Å². The number of hydrogen-bond acceptors (Lipinski definition) is 5. The Morgan fingerprint density at radius 1 is 1.32 bits per heavy atom. The van der Waals surface area contributed by atoms with Crippen molar-refractivity contribution in [2.45, 2.75) is 6.61 Å². The van der Waals surface area contributed by atoms with Crippen molar-refractivity contribution in [1.82, 2.24) is 0 Å². The molecule has 0 bridgehead atoms. The summed E-state index contributed by atoms with van der Waals surface area (Å²) in [6, 6.07) is 11.2. The lowest BCUT2D eigenvalue weighted by Gasteiger charge is -2.05. The van der Waals surface area contributed by atoms with E-state index in [9.17, 15) is 19.3 Å². The highest BCUT2D eigenvalue weighted by Crippen LogP contribution is 2.18. The highest BCUT2D eigenvalue weighted by molar-refractivity contribution is 5.89. The van der Waals surface area contributed by atoms with Gasteiger partial charge in [0.25, 0.3) is 0 Å². The molecule has 0 unspecified atom stereocenters. The van der Waals surface area contributed by atoms with E-state index in [0.29, 0.717) is 11.1 Å². The Bertz CT molecular complexity index is 783. The number of nitro groups is 1. The Balaban J connectivity index is 2.08. The fourth-order valence-corrected chi connectivity index (χ4v) is 1.74. The van der Waals surface area contributed by atoms with Crippen LogP contribution in [0.4, 0.5) is 10.1 Å². The molecule has 2 aromatic carbocycles. The van der Waals surface area contributed by atoms with Crippen LogP contribution < -0.4 is 0 Å². The quantitative estimate of drug-likeness (QED) is 0.491. The number of esters is 1. The molecule has 2 aromatic rings. The number of rotatable bonds is 4. The second kappa shape index (κ2) is 6.45. The smallest absolute Gasteiger partial charge is 0.338 e. The third-order valence-electron chi connectivity index (χ3n) is 2.81. The summed E-state index contributed by atoms with van der Waals surface area (Å²) in [5.41, 5.74) is 0.197. The normalized spacial score (nSPS) is 9.82. The summed E-state index contributed by atoms with van der Waals surface area (Å²) < 4.78 is 18.4. The Morgan fingerprint density at radius 3 is 2.73 bits per heavy atom. The van der Waals surface area contributed by atoms with Gasteiger partial charge in [-0.1, -0.05) is 12.1 Å². The van der Waals surface area contributed by atoms with Gasteiger partial charge in [-0.2, -0.15) is 9.65 Å². The number of nitriles is 1. The number of carbonyl (C=O) groups is 1. The molecule has 0 saturated carbocycles. The van der Waals surface area contributed by atoms with Crippen LogP contribution in [0.15, 0.2) is 42.5 Å². The van der Waals surface area contributed by atoms with E-state index in [1.54, 1.807) is 24.3 Å². The number of halogens is 1. The van der Waals surface area contributed by atoms with Crippen LogP contribution in [0.3, 0.4) is 0 Å². The zero-order chi connectivity index (χ0) is 16.1. The summed E-state index contributed by atoms with van der Waals surface area (Å²) in [4.78, 5) is 21.4. The van der Waals surface area contributed by atoms with Gasteiger partial charge in [0.2, 0.25) is 5.82 Å². The van der Waals surface area contributed by atoms with Crippen molar-refractivity contribution >= 4 is 11.7 Å². The summed E-state index contributed by atoms with van der Waals surface area (Å²) >= 11 is 0. The highest BCUT2D eigenvalue weighted by Gasteiger charge is 2.17. The highest BCUT2D eigenvalue weighted by atomic mass is 19.1. The molecule has 0 amide bonds. The summed E-state index contributed by atoms with van der Waals surface area (Å²) in [6.45, 7) is -0.0903. The number of hydrogen-bond donors (Lipinski definition) is 0. The third-order valence-corrected chi connectivity index (χ3v) is 2.81. The zero-order valence-electron chi connectivity index (χ0n) is 11.2. The topological polar surface area (TPSA) is 93.2 Å². The molecule has 0 saturated heterocycles. The van der Waals surface area contributed by atoms with E-state index in [-0.39, 0.29) is 12.2 Å². The predicted octanol–water partition coefficient (Wildman–Crippen LogP) is 2.96. The first kappa shape index (κ1) is 15.1. The number of ether oxygens (including phenoxy) is 1. The van der Waals surface area contributed by atoms with Gasteiger partial charge in [0, 0.05) is 6.07 Å². The summed E-state index contributed by atoms with van der Waals surface area (Å²) in [6.07, 6.45) is 0. The molecule has 0 aliphatic heterocycles.